The molecule has 1 unspecified atom stereocenters. The lowest BCUT2D eigenvalue weighted by molar-refractivity contribution is -0.134. The molecule has 0 aromatic heterocycles. The standard InChI is InChI=1S/C9H11O4P/c1-2-9(10)13-14(11,12)8-6-4-3-5-7-8/h3-7H,2H2,1H3,(H,11,12). The van der Waals surface area contributed by atoms with Gasteiger partial charge in [0.2, 0.25) is 0 Å². The number of hydrogen-bond donors (Lipinski definition) is 1. The Balaban J connectivity index is 2.86. The van der Waals surface area contributed by atoms with E-state index in [0.717, 1.165) is 0 Å². The Morgan fingerprint density at radius 3 is 2.50 bits per heavy atom. The van der Waals surface area contributed by atoms with Gasteiger partial charge in [-0.25, -0.2) is 4.57 Å². The van der Waals surface area contributed by atoms with Crippen molar-refractivity contribution < 1.29 is 18.8 Å². The molecule has 1 aromatic rings. The lowest BCUT2D eigenvalue weighted by atomic mass is 10.4. The van der Waals surface area contributed by atoms with Crippen molar-refractivity contribution in [3.8, 4) is 0 Å². The second-order valence-electron chi connectivity index (χ2n) is 2.67. The quantitative estimate of drug-likeness (QED) is 0.773. The Labute approximate surface area is 82.1 Å². The van der Waals surface area contributed by atoms with E-state index in [2.05, 4.69) is 4.52 Å². The largest absolute Gasteiger partial charge is 0.410 e. The van der Waals surface area contributed by atoms with Crippen molar-refractivity contribution in [1.82, 2.24) is 0 Å². The van der Waals surface area contributed by atoms with E-state index < -0.39 is 13.6 Å². The Morgan fingerprint density at radius 1 is 1.43 bits per heavy atom. The van der Waals surface area contributed by atoms with E-state index in [9.17, 15) is 14.3 Å². The smallest absolute Gasteiger partial charge is 0.388 e. The van der Waals surface area contributed by atoms with Crippen molar-refractivity contribution in [1.29, 1.82) is 0 Å². The van der Waals surface area contributed by atoms with Gasteiger partial charge in [-0.3, -0.25) is 4.79 Å². The van der Waals surface area contributed by atoms with Crippen LogP contribution in [0.1, 0.15) is 13.3 Å². The lowest BCUT2D eigenvalue weighted by Gasteiger charge is -2.10. The van der Waals surface area contributed by atoms with Gasteiger partial charge in [-0.1, -0.05) is 25.1 Å². The van der Waals surface area contributed by atoms with Crippen LogP contribution >= 0.6 is 7.60 Å². The molecule has 1 rings (SSSR count). The van der Waals surface area contributed by atoms with E-state index in [1.807, 2.05) is 0 Å². The molecule has 0 saturated carbocycles. The van der Waals surface area contributed by atoms with E-state index in [1.54, 1.807) is 25.1 Å². The monoisotopic (exact) mass is 214 g/mol. The molecule has 0 aliphatic heterocycles. The Morgan fingerprint density at radius 2 is 2.00 bits per heavy atom. The summed E-state index contributed by atoms with van der Waals surface area (Å²) in [5, 5.41) is 0.127. The highest BCUT2D eigenvalue weighted by atomic mass is 31.2. The maximum Gasteiger partial charge on any atom is 0.410 e. The minimum absolute atomic E-state index is 0.0807. The third-order valence-electron chi connectivity index (χ3n) is 1.60. The van der Waals surface area contributed by atoms with E-state index in [4.69, 9.17) is 0 Å². The highest BCUT2D eigenvalue weighted by Crippen LogP contribution is 2.40. The number of hydrogen-bond acceptors (Lipinski definition) is 3. The molecule has 0 spiro atoms. The second kappa shape index (κ2) is 4.40. The number of rotatable bonds is 3. The normalized spacial score (nSPS) is 14.4. The molecule has 4 nitrogen and oxygen atoms in total. The molecule has 0 heterocycles. The van der Waals surface area contributed by atoms with Crippen molar-refractivity contribution in [2.24, 2.45) is 0 Å². The zero-order valence-corrected chi connectivity index (χ0v) is 8.61. The first-order chi connectivity index (χ1) is 6.56. The van der Waals surface area contributed by atoms with Crippen molar-refractivity contribution in [3.63, 3.8) is 0 Å². The van der Waals surface area contributed by atoms with E-state index in [-0.39, 0.29) is 11.7 Å². The first-order valence-corrected chi connectivity index (χ1v) is 5.75. The minimum Gasteiger partial charge on any atom is -0.388 e. The molecule has 0 aliphatic carbocycles. The summed E-state index contributed by atoms with van der Waals surface area (Å²) < 4.78 is 15.9. The molecule has 0 radical (unpaired) electrons. The third kappa shape index (κ3) is 2.69. The zero-order chi connectivity index (χ0) is 10.6. The van der Waals surface area contributed by atoms with Gasteiger partial charge in [-0.2, -0.15) is 0 Å². The van der Waals surface area contributed by atoms with Crippen LogP contribution in [0.2, 0.25) is 0 Å². The molecule has 5 heteroatoms. The minimum atomic E-state index is -3.97. The van der Waals surface area contributed by atoms with Gasteiger partial charge in [-0.05, 0) is 12.1 Å². The summed E-state index contributed by atoms with van der Waals surface area (Å²) in [6.45, 7) is 1.56. The predicted octanol–water partition coefficient (Wildman–Crippen LogP) is 1.45. The van der Waals surface area contributed by atoms with E-state index in [0.29, 0.717) is 0 Å². The summed E-state index contributed by atoms with van der Waals surface area (Å²) in [5.74, 6) is -0.681. The van der Waals surface area contributed by atoms with Gasteiger partial charge in [0.05, 0.1) is 5.30 Å². The first kappa shape index (κ1) is 11.0. The van der Waals surface area contributed by atoms with Gasteiger partial charge in [0.1, 0.15) is 0 Å². The van der Waals surface area contributed by atoms with Crippen LogP contribution in [0.25, 0.3) is 0 Å². The summed E-state index contributed by atoms with van der Waals surface area (Å²) >= 11 is 0. The fraction of sp³-hybridized carbons (Fsp3) is 0.222. The second-order valence-corrected chi connectivity index (χ2v) is 4.41. The highest BCUT2D eigenvalue weighted by Gasteiger charge is 2.25. The Hall–Kier alpha value is -1.12. The number of carbonyl (C=O) groups is 1. The van der Waals surface area contributed by atoms with E-state index >= 15 is 0 Å². The fourth-order valence-electron chi connectivity index (χ4n) is 0.872. The molecular weight excluding hydrogens is 203 g/mol. The predicted molar refractivity (Wildman–Crippen MR) is 52.3 cm³/mol. The van der Waals surface area contributed by atoms with Crippen LogP contribution in [0.5, 0.6) is 0 Å². The Kier molecular flexibility index (Phi) is 3.44. The molecule has 0 amide bonds. The topological polar surface area (TPSA) is 63.6 Å². The lowest BCUT2D eigenvalue weighted by Crippen LogP contribution is -2.10. The SMILES string of the molecule is CCC(=O)OP(=O)(O)c1ccccc1. The first-order valence-electron chi connectivity index (χ1n) is 4.17. The third-order valence-corrected chi connectivity index (χ3v) is 3.00. The molecule has 0 aliphatic rings. The fourth-order valence-corrected chi connectivity index (χ4v) is 1.93. The van der Waals surface area contributed by atoms with E-state index in [1.165, 1.54) is 12.1 Å². The van der Waals surface area contributed by atoms with Gasteiger partial charge >= 0.3 is 13.6 Å². The molecule has 1 atom stereocenters. The summed E-state index contributed by atoms with van der Waals surface area (Å²) in [7, 11) is -3.97. The molecule has 14 heavy (non-hydrogen) atoms. The summed E-state index contributed by atoms with van der Waals surface area (Å²) in [5.41, 5.74) is 0. The molecule has 1 N–H and O–H groups in total. The molecule has 0 fully saturated rings. The molecule has 1 aromatic carbocycles. The van der Waals surface area contributed by atoms with Gasteiger partial charge in [0.25, 0.3) is 0 Å². The number of benzene rings is 1. The number of carbonyl (C=O) groups excluding carboxylic acids is 1. The molecule has 0 saturated heterocycles. The molecule has 76 valence electrons. The van der Waals surface area contributed by atoms with Crippen LogP contribution in [0.3, 0.4) is 0 Å². The van der Waals surface area contributed by atoms with Crippen LogP contribution in [0.15, 0.2) is 30.3 Å². The van der Waals surface area contributed by atoms with Crippen LogP contribution in [0, 0.1) is 0 Å². The zero-order valence-electron chi connectivity index (χ0n) is 7.71. The van der Waals surface area contributed by atoms with Gasteiger partial charge < -0.3 is 9.42 Å². The van der Waals surface area contributed by atoms with Crippen molar-refractivity contribution in [2.75, 3.05) is 0 Å². The van der Waals surface area contributed by atoms with Crippen LogP contribution < -0.4 is 5.30 Å². The van der Waals surface area contributed by atoms with Gasteiger partial charge in [-0.15, -0.1) is 0 Å². The maximum atomic E-state index is 11.5. The maximum absolute atomic E-state index is 11.5. The highest BCUT2D eigenvalue weighted by molar-refractivity contribution is 7.61. The van der Waals surface area contributed by atoms with Crippen LogP contribution in [-0.4, -0.2) is 10.9 Å². The van der Waals surface area contributed by atoms with Crippen molar-refractivity contribution >= 4 is 18.9 Å². The van der Waals surface area contributed by atoms with Gasteiger partial charge in [0, 0.05) is 6.42 Å². The van der Waals surface area contributed by atoms with Crippen LogP contribution in [-0.2, 0) is 13.9 Å². The summed E-state index contributed by atoms with van der Waals surface area (Å²) in [6.07, 6.45) is 0.0807. The Bertz CT molecular complexity index is 360. The summed E-state index contributed by atoms with van der Waals surface area (Å²) in [6, 6.07) is 7.83. The van der Waals surface area contributed by atoms with Crippen molar-refractivity contribution in [3.05, 3.63) is 30.3 Å². The average molecular weight is 214 g/mol. The molecular formula is C9H11O4P. The van der Waals surface area contributed by atoms with Crippen LogP contribution in [0.4, 0.5) is 0 Å². The van der Waals surface area contributed by atoms with Gasteiger partial charge in [0.15, 0.2) is 0 Å². The van der Waals surface area contributed by atoms with Crippen molar-refractivity contribution in [2.45, 2.75) is 13.3 Å². The molecule has 0 bridgehead atoms. The average Bonchev–Trinajstić information content (AvgIpc) is 2.18. The summed E-state index contributed by atoms with van der Waals surface area (Å²) in [4.78, 5) is 20.2.